The fourth-order valence-electron chi connectivity index (χ4n) is 1.75. The predicted molar refractivity (Wildman–Crippen MR) is 85.2 cm³/mol. The van der Waals surface area contributed by atoms with Crippen LogP contribution in [-0.4, -0.2) is 11.8 Å². The second-order valence-electron chi connectivity index (χ2n) is 4.58. The third-order valence-corrected chi connectivity index (χ3v) is 3.52. The number of benzene rings is 2. The summed E-state index contributed by atoms with van der Waals surface area (Å²) in [6.07, 6.45) is -4.68. The molecule has 0 saturated carbocycles. The van der Waals surface area contributed by atoms with Crippen molar-refractivity contribution in [3.63, 3.8) is 0 Å². The molecule has 0 atom stereocenters. The molecular weight excluding hydrogens is 368 g/mol. The maximum Gasteiger partial charge on any atom is 0.417 e. The summed E-state index contributed by atoms with van der Waals surface area (Å²) >= 11 is 11.3. The first kappa shape index (κ1) is 18.1. The Kier molecular flexibility index (Phi) is 5.36. The van der Waals surface area contributed by atoms with Gasteiger partial charge in [-0.05, 0) is 30.3 Å². The Morgan fingerprint density at radius 3 is 2.12 bits per heavy atom. The molecule has 0 saturated heterocycles. The van der Waals surface area contributed by atoms with E-state index in [0.29, 0.717) is 6.07 Å². The van der Waals surface area contributed by atoms with Crippen LogP contribution < -0.4 is 10.6 Å². The van der Waals surface area contributed by atoms with Gasteiger partial charge in [-0.1, -0.05) is 35.3 Å². The first-order chi connectivity index (χ1) is 11.2. The number of rotatable bonds is 2. The number of nitrogens with one attached hydrogen (secondary N) is 2. The lowest BCUT2D eigenvalue weighted by Gasteiger charge is -2.12. The number of halogens is 5. The average Bonchev–Trinajstić information content (AvgIpc) is 2.50. The van der Waals surface area contributed by atoms with Crippen LogP contribution in [0, 0.1) is 0 Å². The molecular formula is C15H9Cl2F3N2O2. The number of amides is 2. The highest BCUT2D eigenvalue weighted by atomic mass is 35.5. The molecule has 0 fully saturated rings. The fraction of sp³-hybridized carbons (Fsp3) is 0.0667. The Labute approximate surface area is 144 Å². The molecule has 2 amide bonds. The molecule has 0 radical (unpaired) electrons. The Morgan fingerprint density at radius 2 is 1.50 bits per heavy atom. The lowest BCUT2D eigenvalue weighted by molar-refractivity contribution is -0.137. The highest BCUT2D eigenvalue weighted by Crippen LogP contribution is 2.36. The van der Waals surface area contributed by atoms with Crippen LogP contribution in [0.3, 0.4) is 0 Å². The summed E-state index contributed by atoms with van der Waals surface area (Å²) in [5.41, 5.74) is -1.13. The normalized spacial score (nSPS) is 11.0. The van der Waals surface area contributed by atoms with Gasteiger partial charge >= 0.3 is 18.0 Å². The first-order valence-electron chi connectivity index (χ1n) is 6.42. The molecule has 0 aliphatic rings. The minimum atomic E-state index is -4.68. The highest BCUT2D eigenvalue weighted by Gasteiger charge is 2.33. The molecule has 2 aromatic rings. The van der Waals surface area contributed by atoms with Crippen molar-refractivity contribution >= 4 is 46.4 Å². The van der Waals surface area contributed by atoms with E-state index >= 15 is 0 Å². The van der Waals surface area contributed by atoms with Crippen molar-refractivity contribution in [2.24, 2.45) is 0 Å². The zero-order chi connectivity index (χ0) is 17.9. The third kappa shape index (κ3) is 4.39. The second kappa shape index (κ2) is 7.11. The van der Waals surface area contributed by atoms with Crippen LogP contribution in [0.15, 0.2) is 42.5 Å². The Hall–Kier alpha value is -2.25. The lowest BCUT2D eigenvalue weighted by atomic mass is 10.2. The molecule has 4 nitrogen and oxygen atoms in total. The van der Waals surface area contributed by atoms with Gasteiger partial charge in [-0.15, -0.1) is 0 Å². The van der Waals surface area contributed by atoms with Crippen LogP contribution in [-0.2, 0) is 15.8 Å². The molecule has 2 aromatic carbocycles. The molecule has 2 N–H and O–H groups in total. The van der Waals surface area contributed by atoms with E-state index < -0.39 is 28.6 Å². The van der Waals surface area contributed by atoms with E-state index in [4.69, 9.17) is 23.2 Å². The molecule has 2 rings (SSSR count). The number of alkyl halides is 3. The van der Waals surface area contributed by atoms with Crippen molar-refractivity contribution in [3.8, 4) is 0 Å². The lowest BCUT2D eigenvalue weighted by Crippen LogP contribution is -2.29. The average molecular weight is 377 g/mol. The highest BCUT2D eigenvalue weighted by molar-refractivity contribution is 6.44. The molecule has 0 heterocycles. The van der Waals surface area contributed by atoms with Crippen LogP contribution in [0.25, 0.3) is 0 Å². The molecule has 0 bridgehead atoms. The topological polar surface area (TPSA) is 58.2 Å². The number of carbonyl (C=O) groups is 2. The molecule has 0 aromatic heterocycles. The van der Waals surface area contributed by atoms with Crippen LogP contribution in [0.2, 0.25) is 10.0 Å². The van der Waals surface area contributed by atoms with Gasteiger partial charge in [-0.2, -0.15) is 13.2 Å². The van der Waals surface area contributed by atoms with Crippen LogP contribution in [0.5, 0.6) is 0 Å². The minimum absolute atomic E-state index is 0.200. The number of hydrogen-bond acceptors (Lipinski definition) is 2. The largest absolute Gasteiger partial charge is 0.417 e. The summed E-state index contributed by atoms with van der Waals surface area (Å²) in [6.45, 7) is 0. The van der Waals surface area contributed by atoms with Crippen molar-refractivity contribution in [2.75, 3.05) is 10.6 Å². The maximum atomic E-state index is 12.8. The van der Waals surface area contributed by atoms with E-state index in [2.05, 4.69) is 10.6 Å². The van der Waals surface area contributed by atoms with Crippen LogP contribution >= 0.6 is 23.2 Å². The molecule has 24 heavy (non-hydrogen) atoms. The summed E-state index contributed by atoms with van der Waals surface area (Å²) < 4.78 is 38.3. The third-order valence-electron chi connectivity index (χ3n) is 2.86. The van der Waals surface area contributed by atoms with E-state index in [1.807, 2.05) is 0 Å². The van der Waals surface area contributed by atoms with Crippen molar-refractivity contribution in [1.29, 1.82) is 0 Å². The summed E-state index contributed by atoms with van der Waals surface area (Å²) in [7, 11) is 0. The molecule has 0 aliphatic heterocycles. The van der Waals surface area contributed by atoms with Gasteiger partial charge in [-0.3, -0.25) is 9.59 Å². The number of anilines is 2. The molecule has 9 heteroatoms. The van der Waals surface area contributed by atoms with E-state index in [9.17, 15) is 22.8 Å². The Balaban J connectivity index is 2.12. The van der Waals surface area contributed by atoms with E-state index in [1.54, 1.807) is 12.1 Å². The number of hydrogen-bond donors (Lipinski definition) is 2. The Morgan fingerprint density at radius 1 is 0.875 bits per heavy atom. The van der Waals surface area contributed by atoms with Gasteiger partial charge in [0.1, 0.15) is 0 Å². The van der Waals surface area contributed by atoms with Gasteiger partial charge in [0.2, 0.25) is 0 Å². The van der Waals surface area contributed by atoms with Gasteiger partial charge < -0.3 is 10.6 Å². The summed E-state index contributed by atoms with van der Waals surface area (Å²) in [5.74, 6) is -2.23. The first-order valence-corrected chi connectivity index (χ1v) is 7.17. The van der Waals surface area contributed by atoms with Gasteiger partial charge in [0, 0.05) is 5.69 Å². The van der Waals surface area contributed by atoms with Gasteiger partial charge in [0.05, 0.1) is 21.3 Å². The monoisotopic (exact) mass is 376 g/mol. The molecule has 0 unspecified atom stereocenters. The van der Waals surface area contributed by atoms with E-state index in [1.165, 1.54) is 12.1 Å². The van der Waals surface area contributed by atoms with Crippen molar-refractivity contribution in [1.82, 2.24) is 0 Å². The van der Waals surface area contributed by atoms with Crippen molar-refractivity contribution in [2.45, 2.75) is 6.18 Å². The van der Waals surface area contributed by atoms with Crippen molar-refractivity contribution in [3.05, 3.63) is 58.1 Å². The summed E-state index contributed by atoms with van der Waals surface area (Å²) in [4.78, 5) is 23.6. The maximum absolute atomic E-state index is 12.8. The standard InChI is InChI=1S/C15H9Cl2F3N2O2/c16-10-6-5-8(7-9(10)15(18,19)20)21-13(23)14(24)22-12-4-2-1-3-11(12)17/h1-7H,(H,21,23)(H,22,24). The Bertz CT molecular complexity index is 795. The molecule has 0 aliphatic carbocycles. The smallest absolute Gasteiger partial charge is 0.318 e. The summed E-state index contributed by atoms with van der Waals surface area (Å²) in [6, 6.07) is 8.97. The molecule has 126 valence electrons. The second-order valence-corrected chi connectivity index (χ2v) is 5.39. The minimum Gasteiger partial charge on any atom is -0.318 e. The SMILES string of the molecule is O=C(Nc1ccc(Cl)c(C(F)(F)F)c1)C(=O)Nc1ccccc1Cl. The molecule has 0 spiro atoms. The number of carbonyl (C=O) groups excluding carboxylic acids is 2. The van der Waals surface area contributed by atoms with Gasteiger partial charge in [0.15, 0.2) is 0 Å². The zero-order valence-electron chi connectivity index (χ0n) is 11.7. The predicted octanol–water partition coefficient (Wildman–Crippen LogP) is 4.59. The van der Waals surface area contributed by atoms with E-state index in [0.717, 1.165) is 12.1 Å². The van der Waals surface area contributed by atoms with Crippen LogP contribution in [0.1, 0.15) is 5.56 Å². The summed E-state index contributed by atoms with van der Waals surface area (Å²) in [5, 5.41) is 4.02. The van der Waals surface area contributed by atoms with Gasteiger partial charge in [0.25, 0.3) is 0 Å². The quantitative estimate of drug-likeness (QED) is 0.753. The zero-order valence-corrected chi connectivity index (χ0v) is 13.3. The van der Waals surface area contributed by atoms with E-state index in [-0.39, 0.29) is 16.4 Å². The van der Waals surface area contributed by atoms with Gasteiger partial charge in [-0.25, -0.2) is 0 Å². The van der Waals surface area contributed by atoms with Crippen molar-refractivity contribution < 1.29 is 22.8 Å². The fourth-order valence-corrected chi connectivity index (χ4v) is 2.16. The number of para-hydroxylation sites is 1. The van der Waals surface area contributed by atoms with Crippen LogP contribution in [0.4, 0.5) is 24.5 Å².